The normalized spacial score (nSPS) is 9.74. The molecule has 2 rings (SSSR count). The van der Waals surface area contributed by atoms with Crippen LogP contribution >= 0.6 is 0 Å². The van der Waals surface area contributed by atoms with Gasteiger partial charge in [-0.2, -0.15) is 5.26 Å². The summed E-state index contributed by atoms with van der Waals surface area (Å²) in [6.45, 7) is 0. The highest BCUT2D eigenvalue weighted by atomic mass is 16.1. The molecule has 2 aromatic carbocycles. The Morgan fingerprint density at radius 3 is 2.32 bits per heavy atom. The van der Waals surface area contributed by atoms with E-state index in [1.165, 1.54) is 0 Å². The van der Waals surface area contributed by atoms with Crippen LogP contribution in [0.2, 0.25) is 0 Å². The molecule has 0 aliphatic heterocycles. The van der Waals surface area contributed by atoms with Crippen LogP contribution < -0.4 is 4.90 Å². The summed E-state index contributed by atoms with van der Waals surface area (Å²) in [6, 6.07) is 16.5. The van der Waals surface area contributed by atoms with Gasteiger partial charge in [0.2, 0.25) is 0 Å². The Bertz CT molecular complexity index is 640. The van der Waals surface area contributed by atoms with E-state index in [9.17, 15) is 10.1 Å². The molecule has 0 spiro atoms. The molecule has 0 aromatic heterocycles. The Morgan fingerprint density at radius 1 is 1.05 bits per heavy atom. The van der Waals surface area contributed by atoms with E-state index in [2.05, 4.69) is 6.07 Å². The maximum atomic E-state index is 12.4. The molecule has 0 fully saturated rings. The Labute approximate surface area is 112 Å². The van der Waals surface area contributed by atoms with Gasteiger partial charge in [-0.05, 0) is 12.1 Å². The van der Waals surface area contributed by atoms with Crippen molar-refractivity contribution < 1.29 is 4.79 Å². The summed E-state index contributed by atoms with van der Waals surface area (Å²) in [5.74, 6) is -0.124. The zero-order chi connectivity index (χ0) is 13.8. The average Bonchev–Trinajstić information content (AvgIpc) is 2.46. The Kier molecular flexibility index (Phi) is 3.63. The lowest BCUT2D eigenvalue weighted by atomic mass is 9.97. The first-order chi connectivity index (χ1) is 9.15. The van der Waals surface area contributed by atoms with Gasteiger partial charge in [0, 0.05) is 25.2 Å². The molecule has 0 amide bonds. The van der Waals surface area contributed by atoms with E-state index < -0.39 is 0 Å². The molecule has 0 radical (unpaired) electrons. The number of ketones is 1. The number of nitrogens with zero attached hydrogens (tertiary/aromatic N) is 2. The molecular formula is C16H14N2O. The first-order valence-corrected chi connectivity index (χ1v) is 5.95. The Balaban J connectivity index is 2.55. The second kappa shape index (κ2) is 5.36. The molecule has 0 saturated heterocycles. The maximum absolute atomic E-state index is 12.4. The minimum absolute atomic E-state index is 0.124. The van der Waals surface area contributed by atoms with Crippen molar-refractivity contribution >= 4 is 11.5 Å². The number of hydrogen-bond donors (Lipinski definition) is 0. The molecule has 0 aliphatic carbocycles. The molecule has 0 atom stereocenters. The molecule has 3 nitrogen and oxygen atoms in total. The first kappa shape index (κ1) is 12.8. The smallest absolute Gasteiger partial charge is 0.194 e. The van der Waals surface area contributed by atoms with Crippen LogP contribution in [0.4, 0.5) is 5.69 Å². The van der Waals surface area contributed by atoms with Crippen molar-refractivity contribution in [3.8, 4) is 6.07 Å². The number of benzene rings is 2. The molecule has 3 heteroatoms. The molecule has 0 heterocycles. The quantitative estimate of drug-likeness (QED) is 0.787. The Hall–Kier alpha value is -2.60. The minimum Gasteiger partial charge on any atom is -0.377 e. The van der Waals surface area contributed by atoms with Crippen LogP contribution in [0.25, 0.3) is 0 Å². The Morgan fingerprint density at radius 2 is 1.74 bits per heavy atom. The van der Waals surface area contributed by atoms with Crippen molar-refractivity contribution in [1.82, 2.24) is 0 Å². The third kappa shape index (κ3) is 2.48. The average molecular weight is 250 g/mol. The van der Waals surface area contributed by atoms with Gasteiger partial charge in [0.15, 0.2) is 5.78 Å². The predicted octanol–water partition coefficient (Wildman–Crippen LogP) is 2.86. The van der Waals surface area contributed by atoms with Crippen LogP contribution in [-0.4, -0.2) is 19.9 Å². The standard InChI is InChI=1S/C16H14N2O/c1-18(2)15-10-6-9-13(14(15)11-17)16(19)12-7-4-3-5-8-12/h3-10H,1-2H3. The van der Waals surface area contributed by atoms with Gasteiger partial charge < -0.3 is 4.90 Å². The van der Waals surface area contributed by atoms with E-state index in [0.717, 1.165) is 5.69 Å². The summed E-state index contributed by atoms with van der Waals surface area (Å²) in [6.07, 6.45) is 0. The van der Waals surface area contributed by atoms with Crippen molar-refractivity contribution in [1.29, 1.82) is 5.26 Å². The second-order valence-corrected chi connectivity index (χ2v) is 4.40. The van der Waals surface area contributed by atoms with E-state index in [-0.39, 0.29) is 5.78 Å². The lowest BCUT2D eigenvalue weighted by molar-refractivity contribution is 0.103. The van der Waals surface area contributed by atoms with E-state index >= 15 is 0 Å². The molecule has 0 N–H and O–H groups in total. The van der Waals surface area contributed by atoms with Crippen LogP contribution in [0.15, 0.2) is 48.5 Å². The van der Waals surface area contributed by atoms with Crippen LogP contribution in [0.5, 0.6) is 0 Å². The zero-order valence-corrected chi connectivity index (χ0v) is 10.9. The van der Waals surface area contributed by atoms with Crippen molar-refractivity contribution in [3.05, 3.63) is 65.2 Å². The molecule has 94 valence electrons. The molecular weight excluding hydrogens is 236 g/mol. The molecule has 2 aromatic rings. The summed E-state index contributed by atoms with van der Waals surface area (Å²) in [4.78, 5) is 14.3. The van der Waals surface area contributed by atoms with Crippen molar-refractivity contribution in [2.24, 2.45) is 0 Å². The van der Waals surface area contributed by atoms with E-state index in [1.54, 1.807) is 24.3 Å². The fourth-order valence-corrected chi connectivity index (χ4v) is 1.96. The highest BCUT2D eigenvalue weighted by molar-refractivity contribution is 6.11. The lowest BCUT2D eigenvalue weighted by Gasteiger charge is -2.16. The van der Waals surface area contributed by atoms with Crippen LogP contribution in [0.3, 0.4) is 0 Å². The molecule has 19 heavy (non-hydrogen) atoms. The third-order valence-corrected chi connectivity index (χ3v) is 2.92. The number of carbonyl (C=O) groups excluding carboxylic acids is 1. The van der Waals surface area contributed by atoms with Gasteiger partial charge in [-0.3, -0.25) is 4.79 Å². The maximum Gasteiger partial charge on any atom is 0.194 e. The largest absolute Gasteiger partial charge is 0.377 e. The number of rotatable bonds is 3. The van der Waals surface area contributed by atoms with E-state index in [1.807, 2.05) is 43.3 Å². The highest BCUT2D eigenvalue weighted by Gasteiger charge is 2.16. The van der Waals surface area contributed by atoms with Crippen LogP contribution in [0, 0.1) is 11.3 Å². The zero-order valence-electron chi connectivity index (χ0n) is 10.9. The van der Waals surface area contributed by atoms with Gasteiger partial charge in [-0.25, -0.2) is 0 Å². The predicted molar refractivity (Wildman–Crippen MR) is 75.4 cm³/mol. The van der Waals surface area contributed by atoms with Gasteiger partial charge in [0.1, 0.15) is 6.07 Å². The molecule has 0 bridgehead atoms. The monoisotopic (exact) mass is 250 g/mol. The highest BCUT2D eigenvalue weighted by Crippen LogP contribution is 2.23. The summed E-state index contributed by atoms with van der Waals surface area (Å²) in [5.41, 5.74) is 2.21. The summed E-state index contributed by atoms with van der Waals surface area (Å²) < 4.78 is 0. The van der Waals surface area contributed by atoms with Gasteiger partial charge in [-0.1, -0.05) is 36.4 Å². The van der Waals surface area contributed by atoms with E-state index in [0.29, 0.717) is 16.7 Å². The summed E-state index contributed by atoms with van der Waals surface area (Å²) >= 11 is 0. The number of carbonyl (C=O) groups is 1. The number of anilines is 1. The molecule has 0 unspecified atom stereocenters. The lowest BCUT2D eigenvalue weighted by Crippen LogP contribution is -2.13. The van der Waals surface area contributed by atoms with Crippen molar-refractivity contribution in [2.75, 3.05) is 19.0 Å². The number of hydrogen-bond acceptors (Lipinski definition) is 3. The number of nitriles is 1. The van der Waals surface area contributed by atoms with Crippen molar-refractivity contribution in [2.45, 2.75) is 0 Å². The molecule has 0 aliphatic rings. The second-order valence-electron chi connectivity index (χ2n) is 4.40. The van der Waals surface area contributed by atoms with Crippen LogP contribution in [0.1, 0.15) is 21.5 Å². The van der Waals surface area contributed by atoms with Gasteiger partial charge in [0.25, 0.3) is 0 Å². The third-order valence-electron chi connectivity index (χ3n) is 2.92. The fourth-order valence-electron chi connectivity index (χ4n) is 1.96. The first-order valence-electron chi connectivity index (χ1n) is 5.95. The summed E-state index contributed by atoms with van der Waals surface area (Å²) in [7, 11) is 3.71. The van der Waals surface area contributed by atoms with Gasteiger partial charge >= 0.3 is 0 Å². The SMILES string of the molecule is CN(C)c1cccc(C(=O)c2ccccc2)c1C#N. The fraction of sp³-hybridized carbons (Fsp3) is 0.125. The van der Waals surface area contributed by atoms with Crippen molar-refractivity contribution in [3.63, 3.8) is 0 Å². The molecule has 0 saturated carbocycles. The van der Waals surface area contributed by atoms with E-state index in [4.69, 9.17) is 0 Å². The topological polar surface area (TPSA) is 44.1 Å². The summed E-state index contributed by atoms with van der Waals surface area (Å²) in [5, 5.41) is 9.32. The van der Waals surface area contributed by atoms with Gasteiger partial charge in [-0.15, -0.1) is 0 Å². The van der Waals surface area contributed by atoms with Gasteiger partial charge in [0.05, 0.1) is 11.3 Å². The minimum atomic E-state index is -0.124. The van der Waals surface area contributed by atoms with Crippen LogP contribution in [-0.2, 0) is 0 Å².